The van der Waals surface area contributed by atoms with Crippen LogP contribution in [-0.2, 0) is 11.8 Å². The molecule has 2 rings (SSSR count). The number of carbonyl (C=O) groups is 1. The van der Waals surface area contributed by atoms with Crippen molar-refractivity contribution in [2.24, 2.45) is 7.05 Å². The quantitative estimate of drug-likeness (QED) is 0.663. The Labute approximate surface area is 120 Å². The van der Waals surface area contributed by atoms with Crippen molar-refractivity contribution in [3.05, 3.63) is 37.8 Å². The van der Waals surface area contributed by atoms with Crippen LogP contribution in [0.15, 0.2) is 26.7 Å². The van der Waals surface area contributed by atoms with Crippen molar-refractivity contribution in [2.75, 3.05) is 7.05 Å². The van der Waals surface area contributed by atoms with Crippen LogP contribution >= 0.6 is 11.8 Å². The Bertz CT molecular complexity index is 705. The highest BCUT2D eigenvalue weighted by Gasteiger charge is 2.15. The summed E-state index contributed by atoms with van der Waals surface area (Å²) in [5.41, 5.74) is 3.05. The number of aromatic nitrogens is 2. The third kappa shape index (κ3) is 2.89. The van der Waals surface area contributed by atoms with Gasteiger partial charge in [0.1, 0.15) is 10.6 Å². The van der Waals surface area contributed by atoms with Gasteiger partial charge in [-0.15, -0.1) is 0 Å². The fourth-order valence-corrected chi connectivity index (χ4v) is 2.57. The number of ether oxygens (including phenoxy) is 1. The molecule has 0 aromatic carbocycles. The van der Waals surface area contributed by atoms with Crippen molar-refractivity contribution in [2.45, 2.75) is 13.8 Å². The van der Waals surface area contributed by atoms with E-state index in [-0.39, 0.29) is 17.0 Å². The van der Waals surface area contributed by atoms with E-state index < -0.39 is 5.97 Å². The second-order valence-corrected chi connectivity index (χ2v) is 5.59. The molecule has 0 radical (unpaired) electrons. The summed E-state index contributed by atoms with van der Waals surface area (Å²) in [6, 6.07) is 0. The van der Waals surface area contributed by atoms with Crippen LogP contribution in [-0.4, -0.2) is 27.7 Å². The Morgan fingerprint density at radius 1 is 1.50 bits per heavy atom. The molecule has 0 aliphatic carbocycles. The van der Waals surface area contributed by atoms with E-state index >= 15 is 0 Å². The van der Waals surface area contributed by atoms with Crippen LogP contribution in [0.5, 0.6) is 5.88 Å². The molecule has 7 heteroatoms. The highest BCUT2D eigenvalue weighted by atomic mass is 32.2. The molecule has 0 saturated carbocycles. The lowest BCUT2D eigenvalue weighted by Gasteiger charge is -2.05. The largest absolute Gasteiger partial charge is 0.407 e. The van der Waals surface area contributed by atoms with Crippen LogP contribution in [0, 0.1) is 0 Å². The standard InChI is InChI=1S/C13H15N3O3S/c1-8-7-15(3)11(20-8)6-5-10-12(19-9(2)17)14-16(4)13(10)18/h5,7,14H,1-4H3. The van der Waals surface area contributed by atoms with E-state index in [0.717, 1.165) is 9.93 Å². The molecule has 1 aromatic heterocycles. The lowest BCUT2D eigenvalue weighted by atomic mass is 10.3. The number of rotatable bonds is 2. The smallest absolute Gasteiger partial charge is 0.309 e. The first-order chi connectivity index (χ1) is 9.38. The first-order valence-electron chi connectivity index (χ1n) is 5.91. The normalized spacial score (nSPS) is 14.1. The Morgan fingerprint density at radius 2 is 2.20 bits per heavy atom. The van der Waals surface area contributed by atoms with Gasteiger partial charge in [0.25, 0.3) is 5.56 Å². The van der Waals surface area contributed by atoms with Gasteiger partial charge in [-0.1, -0.05) is 17.5 Å². The Balaban J connectivity index is 2.41. The molecule has 6 nitrogen and oxygen atoms in total. The number of esters is 1. The Kier molecular flexibility index (Phi) is 3.92. The number of nitrogens with zero attached hydrogens (tertiary/aromatic N) is 2. The lowest BCUT2D eigenvalue weighted by molar-refractivity contribution is -0.132. The van der Waals surface area contributed by atoms with Crippen LogP contribution < -0.4 is 10.3 Å². The predicted molar refractivity (Wildman–Crippen MR) is 77.9 cm³/mol. The number of carbonyl (C=O) groups excluding carboxylic acids is 1. The molecule has 1 aliphatic rings. The highest BCUT2D eigenvalue weighted by molar-refractivity contribution is 8.06. The van der Waals surface area contributed by atoms with Gasteiger partial charge in [-0.05, 0) is 6.92 Å². The highest BCUT2D eigenvalue weighted by Crippen LogP contribution is 2.33. The van der Waals surface area contributed by atoms with Gasteiger partial charge < -0.3 is 9.64 Å². The second-order valence-electron chi connectivity index (χ2n) is 4.36. The first kappa shape index (κ1) is 14.3. The van der Waals surface area contributed by atoms with Crippen LogP contribution in [0.25, 0.3) is 6.08 Å². The monoisotopic (exact) mass is 293 g/mol. The molecule has 1 aromatic rings. The number of H-pyrrole nitrogens is 1. The minimum Gasteiger partial charge on any atom is -0.407 e. The van der Waals surface area contributed by atoms with E-state index in [1.54, 1.807) is 18.8 Å². The second kappa shape index (κ2) is 5.48. The summed E-state index contributed by atoms with van der Waals surface area (Å²) in [7, 11) is 3.46. The maximum Gasteiger partial charge on any atom is 0.309 e. The summed E-state index contributed by atoms with van der Waals surface area (Å²) in [6.07, 6.45) is 3.51. The SMILES string of the molecule is CC(=O)Oc1[nH]n(C)c(=O)c1C=C=C1SC(C)=CN1C. The van der Waals surface area contributed by atoms with E-state index in [1.165, 1.54) is 17.7 Å². The minimum absolute atomic E-state index is 0.133. The van der Waals surface area contributed by atoms with Crippen LogP contribution in [0.2, 0.25) is 0 Å². The van der Waals surface area contributed by atoms with Gasteiger partial charge in [0.05, 0.1) is 0 Å². The van der Waals surface area contributed by atoms with Gasteiger partial charge >= 0.3 is 5.97 Å². The predicted octanol–water partition coefficient (Wildman–Crippen LogP) is 1.63. The van der Waals surface area contributed by atoms with Gasteiger partial charge in [-0.25, -0.2) is 0 Å². The fraction of sp³-hybridized carbons (Fsp3) is 0.308. The third-order valence-corrected chi connectivity index (χ3v) is 3.61. The zero-order chi connectivity index (χ0) is 14.9. The molecule has 0 spiro atoms. The zero-order valence-corrected chi connectivity index (χ0v) is 12.5. The van der Waals surface area contributed by atoms with Gasteiger partial charge in [0.15, 0.2) is 0 Å². The van der Waals surface area contributed by atoms with Crippen molar-refractivity contribution < 1.29 is 9.53 Å². The molecule has 1 aliphatic heterocycles. The number of allylic oxidation sites excluding steroid dienone is 1. The number of hydrogen-bond acceptors (Lipinski definition) is 5. The van der Waals surface area contributed by atoms with Gasteiger partial charge in [0, 0.05) is 38.2 Å². The number of aryl methyl sites for hydroxylation is 1. The summed E-state index contributed by atoms with van der Waals surface area (Å²) >= 11 is 1.56. The molecule has 0 atom stereocenters. The molecule has 0 amide bonds. The molecule has 20 heavy (non-hydrogen) atoms. The molecule has 0 fully saturated rings. The van der Waals surface area contributed by atoms with E-state index in [9.17, 15) is 9.59 Å². The van der Waals surface area contributed by atoms with E-state index in [2.05, 4.69) is 10.8 Å². The Morgan fingerprint density at radius 3 is 2.75 bits per heavy atom. The average molecular weight is 293 g/mol. The van der Waals surface area contributed by atoms with Gasteiger partial charge in [-0.3, -0.25) is 19.4 Å². The minimum atomic E-state index is -0.487. The summed E-state index contributed by atoms with van der Waals surface area (Å²) in [4.78, 5) is 26.0. The molecule has 1 N–H and O–H groups in total. The third-order valence-electron chi connectivity index (χ3n) is 2.59. The molecule has 2 heterocycles. The molecule has 0 unspecified atom stereocenters. The maximum absolute atomic E-state index is 11.9. The fourth-order valence-electron chi connectivity index (χ4n) is 1.74. The lowest BCUT2D eigenvalue weighted by Crippen LogP contribution is -2.13. The number of thioether (sulfide) groups is 1. The van der Waals surface area contributed by atoms with Crippen molar-refractivity contribution in [1.29, 1.82) is 0 Å². The molecule has 0 bridgehead atoms. The maximum atomic E-state index is 11.9. The number of hydrogen-bond donors (Lipinski definition) is 1. The van der Waals surface area contributed by atoms with Crippen LogP contribution in [0.4, 0.5) is 0 Å². The first-order valence-corrected chi connectivity index (χ1v) is 6.73. The summed E-state index contributed by atoms with van der Waals surface area (Å²) in [5.74, 6) is -0.354. The van der Waals surface area contributed by atoms with E-state index in [4.69, 9.17) is 4.74 Å². The topological polar surface area (TPSA) is 67.3 Å². The van der Waals surface area contributed by atoms with Gasteiger partial charge in [0.2, 0.25) is 5.88 Å². The average Bonchev–Trinajstić information content (AvgIpc) is 2.78. The van der Waals surface area contributed by atoms with Crippen molar-refractivity contribution in [3.63, 3.8) is 0 Å². The molecule has 0 saturated heterocycles. The van der Waals surface area contributed by atoms with Crippen LogP contribution in [0.3, 0.4) is 0 Å². The van der Waals surface area contributed by atoms with Gasteiger partial charge in [-0.2, -0.15) is 0 Å². The molecular formula is C13H15N3O3S. The zero-order valence-electron chi connectivity index (χ0n) is 11.7. The van der Waals surface area contributed by atoms with Crippen molar-refractivity contribution >= 4 is 23.8 Å². The molecule has 106 valence electrons. The van der Waals surface area contributed by atoms with Crippen LogP contribution in [0.1, 0.15) is 19.4 Å². The molecular weight excluding hydrogens is 278 g/mol. The summed E-state index contributed by atoms with van der Waals surface area (Å²) in [5, 5.41) is 3.56. The number of aromatic amines is 1. The van der Waals surface area contributed by atoms with E-state index in [0.29, 0.717) is 0 Å². The van der Waals surface area contributed by atoms with Crippen molar-refractivity contribution in [3.8, 4) is 5.88 Å². The van der Waals surface area contributed by atoms with Crippen molar-refractivity contribution in [1.82, 2.24) is 14.7 Å². The summed E-state index contributed by atoms with van der Waals surface area (Å²) in [6.45, 7) is 3.28. The summed E-state index contributed by atoms with van der Waals surface area (Å²) < 4.78 is 6.24. The van der Waals surface area contributed by atoms with E-state index in [1.807, 2.05) is 25.1 Å². The number of nitrogens with one attached hydrogen (secondary N) is 1. The Hall–Kier alpha value is -2.11.